The van der Waals surface area contributed by atoms with E-state index >= 15 is 0 Å². The minimum Gasteiger partial charge on any atom is -0.356 e. The number of anilines is 1. The molecule has 0 aliphatic rings. The first-order chi connectivity index (χ1) is 13.5. The van der Waals surface area contributed by atoms with E-state index in [0.717, 1.165) is 5.56 Å². The van der Waals surface area contributed by atoms with Crippen LogP contribution < -0.4 is 21.3 Å². The highest BCUT2D eigenvalue weighted by Crippen LogP contribution is 2.08. The summed E-state index contributed by atoms with van der Waals surface area (Å²) in [5, 5.41) is 11.3. The van der Waals surface area contributed by atoms with Gasteiger partial charge in [0.25, 0.3) is 5.91 Å². The lowest BCUT2D eigenvalue weighted by atomic mass is 10.1. The Labute approximate surface area is 163 Å². The Morgan fingerprint density at radius 2 is 1.82 bits per heavy atom. The molecule has 0 aliphatic heterocycles. The molecule has 2 aromatic rings. The van der Waals surface area contributed by atoms with Gasteiger partial charge in [-0.15, -0.1) is 0 Å². The molecule has 0 radical (unpaired) electrons. The Bertz CT molecular complexity index is 837. The van der Waals surface area contributed by atoms with Crippen molar-refractivity contribution in [2.24, 2.45) is 4.99 Å². The topological polar surface area (TPSA) is 94.6 Å². The van der Waals surface area contributed by atoms with Crippen LogP contribution in [0.1, 0.15) is 15.9 Å². The van der Waals surface area contributed by atoms with Crippen molar-refractivity contribution in [1.29, 1.82) is 0 Å². The summed E-state index contributed by atoms with van der Waals surface area (Å²) in [6.07, 6.45) is 0.688. The summed E-state index contributed by atoms with van der Waals surface area (Å²) in [6.45, 7) is 0.597. The first kappa shape index (κ1) is 20.9. The summed E-state index contributed by atoms with van der Waals surface area (Å²) in [6, 6.07) is 12.9. The number of benzene rings is 2. The highest BCUT2D eigenvalue weighted by molar-refractivity contribution is 5.95. The van der Waals surface area contributed by atoms with E-state index in [2.05, 4.69) is 26.3 Å². The molecule has 148 valence electrons. The second-order valence-corrected chi connectivity index (χ2v) is 5.94. The van der Waals surface area contributed by atoms with Gasteiger partial charge < -0.3 is 21.3 Å². The van der Waals surface area contributed by atoms with Crippen molar-refractivity contribution in [3.05, 3.63) is 65.5 Å². The van der Waals surface area contributed by atoms with E-state index < -0.39 is 0 Å². The Hall–Kier alpha value is -3.42. The van der Waals surface area contributed by atoms with Crippen molar-refractivity contribution in [1.82, 2.24) is 16.0 Å². The summed E-state index contributed by atoms with van der Waals surface area (Å²) in [5.41, 5.74) is 2.14. The van der Waals surface area contributed by atoms with Crippen LogP contribution in [0.25, 0.3) is 0 Å². The smallest absolute Gasteiger partial charge is 0.251 e. The van der Waals surface area contributed by atoms with E-state index in [1.807, 2.05) is 18.2 Å². The molecule has 0 saturated carbocycles. The van der Waals surface area contributed by atoms with Gasteiger partial charge in [-0.3, -0.25) is 14.6 Å². The zero-order valence-corrected chi connectivity index (χ0v) is 15.9. The normalized spacial score (nSPS) is 10.9. The number of carbonyl (C=O) groups is 2. The molecule has 7 nitrogen and oxygen atoms in total. The Morgan fingerprint density at radius 3 is 2.50 bits per heavy atom. The lowest BCUT2D eigenvalue weighted by Gasteiger charge is -2.12. The molecule has 0 spiro atoms. The average molecular weight is 385 g/mol. The van der Waals surface area contributed by atoms with Crippen LogP contribution in [0.5, 0.6) is 0 Å². The maximum atomic E-state index is 12.9. The van der Waals surface area contributed by atoms with E-state index in [4.69, 9.17) is 0 Å². The summed E-state index contributed by atoms with van der Waals surface area (Å²) >= 11 is 0. The predicted molar refractivity (Wildman–Crippen MR) is 108 cm³/mol. The molecule has 2 amide bonds. The largest absolute Gasteiger partial charge is 0.356 e. The highest BCUT2D eigenvalue weighted by Gasteiger charge is 2.06. The fourth-order valence-corrected chi connectivity index (χ4v) is 2.46. The molecule has 0 saturated heterocycles. The fraction of sp³-hybridized carbons (Fsp3) is 0.250. The highest BCUT2D eigenvalue weighted by atomic mass is 19.1. The van der Waals surface area contributed by atoms with Gasteiger partial charge in [-0.25, -0.2) is 4.39 Å². The van der Waals surface area contributed by atoms with E-state index in [9.17, 15) is 14.0 Å². The third-order valence-corrected chi connectivity index (χ3v) is 3.89. The lowest BCUT2D eigenvalue weighted by Crippen LogP contribution is -2.42. The molecule has 2 aromatic carbocycles. The second-order valence-electron chi connectivity index (χ2n) is 5.94. The average Bonchev–Trinajstić information content (AvgIpc) is 2.71. The molecule has 0 aliphatic carbocycles. The number of rotatable bonds is 7. The number of guanidine groups is 1. The first-order valence-electron chi connectivity index (χ1n) is 8.82. The van der Waals surface area contributed by atoms with E-state index in [0.29, 0.717) is 30.2 Å². The maximum absolute atomic E-state index is 12.9. The van der Waals surface area contributed by atoms with Crippen molar-refractivity contribution >= 4 is 23.5 Å². The number of aliphatic imine (C=N–C) groups is 1. The third kappa shape index (κ3) is 6.71. The van der Waals surface area contributed by atoms with Gasteiger partial charge in [0, 0.05) is 31.9 Å². The van der Waals surface area contributed by atoms with Crippen molar-refractivity contribution in [2.45, 2.75) is 6.42 Å². The summed E-state index contributed by atoms with van der Waals surface area (Å²) < 4.78 is 12.9. The molecule has 0 heterocycles. The van der Waals surface area contributed by atoms with E-state index in [1.165, 1.54) is 24.3 Å². The van der Waals surface area contributed by atoms with Gasteiger partial charge in [-0.1, -0.05) is 12.1 Å². The van der Waals surface area contributed by atoms with Crippen LogP contribution in [-0.2, 0) is 11.2 Å². The van der Waals surface area contributed by atoms with Gasteiger partial charge in [-0.05, 0) is 48.4 Å². The molecular weight excluding hydrogens is 361 g/mol. The SMILES string of the molecule is CN=C(NCCc1cccc(C(=O)NC)c1)NCC(=O)Nc1ccc(F)cc1. The van der Waals surface area contributed by atoms with Crippen LogP contribution in [0.4, 0.5) is 10.1 Å². The van der Waals surface area contributed by atoms with Crippen molar-refractivity contribution in [3.63, 3.8) is 0 Å². The van der Waals surface area contributed by atoms with Crippen LogP contribution in [-0.4, -0.2) is 45.0 Å². The van der Waals surface area contributed by atoms with Gasteiger partial charge in [0.05, 0.1) is 6.54 Å². The lowest BCUT2D eigenvalue weighted by molar-refractivity contribution is -0.115. The molecule has 28 heavy (non-hydrogen) atoms. The summed E-state index contributed by atoms with van der Waals surface area (Å²) in [5.74, 6) is -0.273. The molecule has 0 bridgehead atoms. The Kier molecular flexibility index (Phi) is 7.95. The summed E-state index contributed by atoms with van der Waals surface area (Å²) in [4.78, 5) is 27.7. The molecule has 2 rings (SSSR count). The van der Waals surface area contributed by atoms with Crippen molar-refractivity contribution in [3.8, 4) is 0 Å². The van der Waals surface area contributed by atoms with Gasteiger partial charge in [0.15, 0.2) is 5.96 Å². The zero-order chi connectivity index (χ0) is 20.4. The Balaban J connectivity index is 1.76. The Morgan fingerprint density at radius 1 is 1.07 bits per heavy atom. The van der Waals surface area contributed by atoms with Crippen LogP contribution in [0.15, 0.2) is 53.5 Å². The van der Waals surface area contributed by atoms with Crippen LogP contribution in [0, 0.1) is 5.82 Å². The van der Waals surface area contributed by atoms with E-state index in [-0.39, 0.29) is 24.2 Å². The number of carbonyl (C=O) groups excluding carboxylic acids is 2. The number of amides is 2. The first-order valence-corrected chi connectivity index (χ1v) is 8.82. The number of nitrogens with zero attached hydrogens (tertiary/aromatic N) is 1. The van der Waals surface area contributed by atoms with Gasteiger partial charge >= 0.3 is 0 Å². The minimum atomic E-state index is -0.360. The third-order valence-electron chi connectivity index (χ3n) is 3.89. The van der Waals surface area contributed by atoms with Gasteiger partial charge in [0.1, 0.15) is 5.82 Å². The molecule has 0 aromatic heterocycles. The number of hydrogen-bond donors (Lipinski definition) is 4. The van der Waals surface area contributed by atoms with Crippen LogP contribution >= 0.6 is 0 Å². The molecule has 0 unspecified atom stereocenters. The maximum Gasteiger partial charge on any atom is 0.251 e. The molecule has 8 heteroatoms. The quantitative estimate of drug-likeness (QED) is 0.429. The van der Waals surface area contributed by atoms with E-state index in [1.54, 1.807) is 20.2 Å². The summed E-state index contributed by atoms with van der Waals surface area (Å²) in [7, 11) is 3.21. The monoisotopic (exact) mass is 385 g/mol. The van der Waals surface area contributed by atoms with Crippen molar-refractivity contribution < 1.29 is 14.0 Å². The van der Waals surface area contributed by atoms with Crippen molar-refractivity contribution in [2.75, 3.05) is 32.5 Å². The van der Waals surface area contributed by atoms with Gasteiger partial charge in [-0.2, -0.15) is 0 Å². The number of nitrogens with one attached hydrogen (secondary N) is 4. The molecule has 0 fully saturated rings. The number of halogens is 1. The number of hydrogen-bond acceptors (Lipinski definition) is 3. The zero-order valence-electron chi connectivity index (χ0n) is 15.9. The van der Waals surface area contributed by atoms with Crippen LogP contribution in [0.2, 0.25) is 0 Å². The predicted octanol–water partition coefficient (Wildman–Crippen LogP) is 1.53. The molecule has 0 atom stereocenters. The molecular formula is C20H24FN5O2. The molecule has 4 N–H and O–H groups in total. The van der Waals surface area contributed by atoms with Gasteiger partial charge in [0.2, 0.25) is 5.91 Å². The minimum absolute atomic E-state index is 0.0171. The fourth-order valence-electron chi connectivity index (χ4n) is 2.46. The standard InChI is InChI=1S/C20H24FN5O2/c1-22-19(28)15-5-3-4-14(12-15)10-11-24-20(23-2)25-13-18(27)26-17-8-6-16(21)7-9-17/h3-9,12H,10-11,13H2,1-2H3,(H,22,28)(H,26,27)(H2,23,24,25). The second kappa shape index (κ2) is 10.7. The van der Waals surface area contributed by atoms with Crippen LogP contribution in [0.3, 0.4) is 0 Å².